The number of aldehydes is 1. The topological polar surface area (TPSA) is 26.3 Å². The number of hydrogen-bond donors (Lipinski definition) is 0. The molecule has 1 fully saturated rings. The second-order valence-electron chi connectivity index (χ2n) is 6.53. The summed E-state index contributed by atoms with van der Waals surface area (Å²) in [5, 5.41) is 2.52. The third-order valence-electron chi connectivity index (χ3n) is 4.86. The van der Waals surface area contributed by atoms with Crippen LogP contribution in [-0.2, 0) is 0 Å². The minimum absolute atomic E-state index is 0.257. The molecule has 0 unspecified atom stereocenters. The van der Waals surface area contributed by atoms with Crippen LogP contribution < -0.4 is 4.74 Å². The van der Waals surface area contributed by atoms with Crippen molar-refractivity contribution >= 4 is 28.7 Å². The van der Waals surface area contributed by atoms with Gasteiger partial charge < -0.3 is 4.74 Å². The van der Waals surface area contributed by atoms with Gasteiger partial charge in [0.2, 0.25) is 0 Å². The Morgan fingerprint density at radius 1 is 1.17 bits per heavy atom. The van der Waals surface area contributed by atoms with Crippen LogP contribution in [0.2, 0.25) is 5.02 Å². The van der Waals surface area contributed by atoms with Crippen molar-refractivity contribution in [1.82, 2.24) is 0 Å². The molecule has 122 valence electrons. The van der Waals surface area contributed by atoms with E-state index in [4.69, 9.17) is 16.3 Å². The molecule has 2 aromatic rings. The second-order valence-corrected chi connectivity index (χ2v) is 6.90. The lowest BCUT2D eigenvalue weighted by atomic mass is 9.85. The van der Waals surface area contributed by atoms with Gasteiger partial charge in [0, 0.05) is 10.9 Å². The van der Waals surface area contributed by atoms with Crippen LogP contribution in [0.4, 0.5) is 0 Å². The normalized spacial score (nSPS) is 21.3. The lowest BCUT2D eigenvalue weighted by Crippen LogP contribution is -2.24. The first-order valence-corrected chi connectivity index (χ1v) is 8.93. The quantitative estimate of drug-likeness (QED) is 0.624. The van der Waals surface area contributed by atoms with Crippen LogP contribution in [0.1, 0.15) is 55.8 Å². The molecular formula is C20H23ClO2. The summed E-state index contributed by atoms with van der Waals surface area (Å²) in [6, 6.07) is 9.51. The molecule has 1 aliphatic carbocycles. The van der Waals surface area contributed by atoms with E-state index < -0.39 is 0 Å². The Morgan fingerprint density at radius 2 is 1.91 bits per heavy atom. The molecule has 1 saturated carbocycles. The molecule has 0 radical (unpaired) electrons. The molecule has 23 heavy (non-hydrogen) atoms. The van der Waals surface area contributed by atoms with E-state index in [2.05, 4.69) is 6.92 Å². The van der Waals surface area contributed by atoms with Gasteiger partial charge in [-0.3, -0.25) is 4.79 Å². The van der Waals surface area contributed by atoms with Crippen LogP contribution in [0.15, 0.2) is 30.3 Å². The predicted molar refractivity (Wildman–Crippen MR) is 95.6 cm³/mol. The fraction of sp³-hybridized carbons (Fsp3) is 0.450. The van der Waals surface area contributed by atoms with E-state index in [0.29, 0.717) is 10.6 Å². The molecular weight excluding hydrogens is 308 g/mol. The van der Waals surface area contributed by atoms with E-state index in [1.165, 1.54) is 25.7 Å². The van der Waals surface area contributed by atoms with Crippen molar-refractivity contribution in [1.29, 1.82) is 0 Å². The molecule has 0 amide bonds. The molecule has 0 bridgehead atoms. The SMILES string of the molecule is CCCC1CCC(Oc2ccc3ccc(C=O)cc3c2Cl)CC1. The van der Waals surface area contributed by atoms with Gasteiger partial charge in [-0.15, -0.1) is 0 Å². The Balaban J connectivity index is 1.76. The average Bonchev–Trinajstić information content (AvgIpc) is 2.59. The van der Waals surface area contributed by atoms with E-state index in [0.717, 1.165) is 41.6 Å². The maximum absolute atomic E-state index is 11.0. The molecule has 0 aliphatic heterocycles. The van der Waals surface area contributed by atoms with Gasteiger partial charge in [0.05, 0.1) is 11.1 Å². The highest BCUT2D eigenvalue weighted by Crippen LogP contribution is 2.36. The Kier molecular flexibility index (Phi) is 5.22. The highest BCUT2D eigenvalue weighted by atomic mass is 35.5. The number of hydrogen-bond acceptors (Lipinski definition) is 2. The fourth-order valence-corrected chi connectivity index (χ4v) is 3.84. The fourth-order valence-electron chi connectivity index (χ4n) is 3.57. The van der Waals surface area contributed by atoms with E-state index in [9.17, 15) is 4.79 Å². The molecule has 0 saturated heterocycles. The van der Waals surface area contributed by atoms with E-state index in [1.807, 2.05) is 24.3 Å². The Morgan fingerprint density at radius 3 is 2.61 bits per heavy atom. The number of benzene rings is 2. The van der Waals surface area contributed by atoms with Gasteiger partial charge in [-0.05, 0) is 49.1 Å². The van der Waals surface area contributed by atoms with Crippen LogP contribution in [-0.4, -0.2) is 12.4 Å². The molecule has 0 aromatic heterocycles. The minimum atomic E-state index is 0.257. The molecule has 3 heteroatoms. The average molecular weight is 331 g/mol. The molecule has 1 aliphatic rings. The zero-order chi connectivity index (χ0) is 16.2. The number of carbonyl (C=O) groups is 1. The van der Waals surface area contributed by atoms with Crippen molar-refractivity contribution < 1.29 is 9.53 Å². The lowest BCUT2D eigenvalue weighted by Gasteiger charge is -2.29. The van der Waals surface area contributed by atoms with E-state index in [-0.39, 0.29) is 6.10 Å². The minimum Gasteiger partial charge on any atom is -0.489 e. The van der Waals surface area contributed by atoms with Crippen LogP contribution >= 0.6 is 11.6 Å². The van der Waals surface area contributed by atoms with E-state index in [1.54, 1.807) is 6.07 Å². The summed E-state index contributed by atoms with van der Waals surface area (Å²) in [7, 11) is 0. The third-order valence-corrected chi connectivity index (χ3v) is 5.25. The van der Waals surface area contributed by atoms with Crippen molar-refractivity contribution in [3.63, 3.8) is 0 Å². The largest absolute Gasteiger partial charge is 0.489 e. The first kappa shape index (κ1) is 16.3. The monoisotopic (exact) mass is 330 g/mol. The number of carbonyl (C=O) groups excluding carboxylic acids is 1. The molecule has 0 spiro atoms. The molecule has 2 aromatic carbocycles. The second kappa shape index (κ2) is 7.35. The molecule has 0 heterocycles. The summed E-state index contributed by atoms with van der Waals surface area (Å²) in [5.41, 5.74) is 0.636. The molecule has 0 atom stereocenters. The highest BCUT2D eigenvalue weighted by Gasteiger charge is 2.22. The molecule has 0 N–H and O–H groups in total. The van der Waals surface area contributed by atoms with Crippen molar-refractivity contribution in [3.05, 3.63) is 40.9 Å². The number of halogens is 1. The van der Waals surface area contributed by atoms with Gasteiger partial charge in [0.15, 0.2) is 0 Å². The Hall–Kier alpha value is -1.54. The van der Waals surface area contributed by atoms with Crippen molar-refractivity contribution in [3.8, 4) is 5.75 Å². The first-order chi connectivity index (χ1) is 11.2. The number of ether oxygens (including phenoxy) is 1. The van der Waals surface area contributed by atoms with Gasteiger partial charge in [-0.1, -0.05) is 49.6 Å². The highest BCUT2D eigenvalue weighted by molar-refractivity contribution is 6.37. The van der Waals surface area contributed by atoms with Crippen molar-refractivity contribution in [2.24, 2.45) is 5.92 Å². The summed E-state index contributed by atoms with van der Waals surface area (Å²) in [4.78, 5) is 11.0. The zero-order valence-electron chi connectivity index (χ0n) is 13.6. The summed E-state index contributed by atoms with van der Waals surface area (Å²) in [5.74, 6) is 1.60. The van der Waals surface area contributed by atoms with Gasteiger partial charge in [0.1, 0.15) is 12.0 Å². The summed E-state index contributed by atoms with van der Waals surface area (Å²) in [6.07, 6.45) is 8.41. The third kappa shape index (κ3) is 3.69. The van der Waals surface area contributed by atoms with Gasteiger partial charge in [0.25, 0.3) is 0 Å². The van der Waals surface area contributed by atoms with E-state index >= 15 is 0 Å². The zero-order valence-corrected chi connectivity index (χ0v) is 14.3. The molecule has 3 rings (SSSR count). The van der Waals surface area contributed by atoms with Crippen molar-refractivity contribution in [2.45, 2.75) is 51.6 Å². The van der Waals surface area contributed by atoms with Crippen LogP contribution in [0.25, 0.3) is 10.8 Å². The number of rotatable bonds is 5. The lowest BCUT2D eigenvalue weighted by molar-refractivity contribution is 0.112. The van der Waals surface area contributed by atoms with Crippen molar-refractivity contribution in [2.75, 3.05) is 0 Å². The first-order valence-electron chi connectivity index (χ1n) is 8.55. The standard InChI is InChI=1S/C20H23ClO2/c1-2-3-14-5-9-17(10-6-14)23-19-11-8-16-7-4-15(13-22)12-18(16)20(19)21/h4,7-8,11-14,17H,2-3,5-6,9-10H2,1H3. The maximum Gasteiger partial charge on any atom is 0.150 e. The summed E-state index contributed by atoms with van der Waals surface area (Å²) < 4.78 is 6.17. The van der Waals surface area contributed by atoms with Crippen LogP contribution in [0.3, 0.4) is 0 Å². The van der Waals surface area contributed by atoms with Gasteiger partial charge in [-0.2, -0.15) is 0 Å². The van der Waals surface area contributed by atoms with Crippen LogP contribution in [0.5, 0.6) is 5.75 Å². The predicted octanol–water partition coefficient (Wildman–Crippen LogP) is 6.04. The number of fused-ring (bicyclic) bond motifs is 1. The maximum atomic E-state index is 11.0. The Bertz CT molecular complexity index is 687. The van der Waals surface area contributed by atoms with Gasteiger partial charge in [-0.25, -0.2) is 0 Å². The molecule has 2 nitrogen and oxygen atoms in total. The smallest absolute Gasteiger partial charge is 0.150 e. The summed E-state index contributed by atoms with van der Waals surface area (Å²) >= 11 is 6.53. The Labute approximate surface area is 142 Å². The van der Waals surface area contributed by atoms with Crippen LogP contribution in [0, 0.1) is 5.92 Å². The summed E-state index contributed by atoms with van der Waals surface area (Å²) in [6.45, 7) is 2.25. The van der Waals surface area contributed by atoms with Gasteiger partial charge >= 0.3 is 0 Å².